The van der Waals surface area contributed by atoms with Crippen molar-refractivity contribution in [3.05, 3.63) is 47.7 Å². The molecule has 0 N–H and O–H groups in total. The molecule has 2 rings (SSSR count). The predicted molar refractivity (Wildman–Crippen MR) is 72.1 cm³/mol. The van der Waals surface area contributed by atoms with Gasteiger partial charge in [-0.2, -0.15) is 0 Å². The molecule has 3 nitrogen and oxygen atoms in total. The Bertz CT molecular complexity index is 602. The summed E-state index contributed by atoms with van der Waals surface area (Å²) in [6, 6.07) is 7.90. The quantitative estimate of drug-likeness (QED) is 0.612. The van der Waals surface area contributed by atoms with E-state index in [0.717, 1.165) is 16.5 Å². The molecule has 1 aromatic carbocycles. The number of aromatic nitrogens is 1. The highest BCUT2D eigenvalue weighted by molar-refractivity contribution is 5.93. The number of hydrogen-bond acceptors (Lipinski definition) is 3. The second kappa shape index (κ2) is 5.45. The van der Waals surface area contributed by atoms with Crippen LogP contribution in [0.1, 0.15) is 18.1 Å². The van der Waals surface area contributed by atoms with E-state index >= 15 is 0 Å². The number of benzene rings is 1. The largest absolute Gasteiger partial charge is 0.463 e. The summed E-state index contributed by atoms with van der Waals surface area (Å²) in [7, 11) is 0. The molecule has 2 aromatic rings. The lowest BCUT2D eigenvalue weighted by Crippen LogP contribution is -1.98. The van der Waals surface area contributed by atoms with E-state index in [1.165, 1.54) is 11.6 Å². The predicted octanol–water partition coefficient (Wildman–Crippen LogP) is 3.12. The molecule has 0 aliphatic heterocycles. The maximum Gasteiger partial charge on any atom is 0.330 e. The van der Waals surface area contributed by atoms with Crippen molar-refractivity contribution >= 4 is 22.9 Å². The van der Waals surface area contributed by atoms with Gasteiger partial charge in [-0.3, -0.25) is 4.98 Å². The van der Waals surface area contributed by atoms with Gasteiger partial charge in [0.2, 0.25) is 0 Å². The number of para-hydroxylation sites is 1. The SMILES string of the molecule is CCOC(=O)/C=C/c1cccc2c(C)ccnc12. The van der Waals surface area contributed by atoms with Crippen LogP contribution in [0, 0.1) is 6.92 Å². The fourth-order valence-electron chi connectivity index (χ4n) is 1.82. The van der Waals surface area contributed by atoms with Crippen LogP contribution >= 0.6 is 0 Å². The van der Waals surface area contributed by atoms with Crippen molar-refractivity contribution in [3.63, 3.8) is 0 Å². The Balaban J connectivity index is 2.40. The van der Waals surface area contributed by atoms with Gasteiger partial charge in [-0.1, -0.05) is 18.2 Å². The zero-order valence-corrected chi connectivity index (χ0v) is 10.5. The Morgan fingerprint density at radius 3 is 3.00 bits per heavy atom. The number of nitrogens with zero attached hydrogens (tertiary/aromatic N) is 1. The third kappa shape index (κ3) is 2.56. The van der Waals surface area contributed by atoms with E-state index in [1.807, 2.05) is 31.2 Å². The molecular formula is C15H15NO2. The molecule has 0 atom stereocenters. The van der Waals surface area contributed by atoms with E-state index in [2.05, 4.69) is 4.98 Å². The number of pyridine rings is 1. The van der Waals surface area contributed by atoms with Crippen LogP contribution in [-0.4, -0.2) is 17.6 Å². The molecule has 1 heterocycles. The van der Waals surface area contributed by atoms with Crippen LogP contribution < -0.4 is 0 Å². The average molecular weight is 241 g/mol. The van der Waals surface area contributed by atoms with E-state index in [0.29, 0.717) is 6.61 Å². The average Bonchev–Trinajstić information content (AvgIpc) is 2.37. The van der Waals surface area contributed by atoms with Gasteiger partial charge in [-0.15, -0.1) is 0 Å². The van der Waals surface area contributed by atoms with E-state index in [4.69, 9.17) is 4.74 Å². The van der Waals surface area contributed by atoms with Gasteiger partial charge in [0.1, 0.15) is 0 Å². The van der Waals surface area contributed by atoms with Gasteiger partial charge in [-0.05, 0) is 31.6 Å². The molecule has 0 bridgehead atoms. The van der Waals surface area contributed by atoms with Gasteiger partial charge >= 0.3 is 5.97 Å². The number of hydrogen-bond donors (Lipinski definition) is 0. The maximum absolute atomic E-state index is 11.3. The number of rotatable bonds is 3. The van der Waals surface area contributed by atoms with E-state index in [1.54, 1.807) is 19.2 Å². The van der Waals surface area contributed by atoms with Crippen molar-refractivity contribution in [1.29, 1.82) is 0 Å². The molecular weight excluding hydrogens is 226 g/mol. The van der Waals surface area contributed by atoms with Gasteiger partial charge in [0.15, 0.2) is 0 Å². The number of carbonyl (C=O) groups is 1. The third-order valence-electron chi connectivity index (χ3n) is 2.71. The molecule has 92 valence electrons. The summed E-state index contributed by atoms with van der Waals surface area (Å²) in [5.41, 5.74) is 2.99. The molecule has 0 spiro atoms. The van der Waals surface area contributed by atoms with Crippen molar-refractivity contribution < 1.29 is 9.53 Å². The fraction of sp³-hybridized carbons (Fsp3) is 0.200. The van der Waals surface area contributed by atoms with Gasteiger partial charge in [0.25, 0.3) is 0 Å². The number of carbonyl (C=O) groups excluding carboxylic acids is 1. The molecule has 0 aliphatic rings. The summed E-state index contributed by atoms with van der Waals surface area (Å²) in [4.78, 5) is 15.7. The topological polar surface area (TPSA) is 39.2 Å². The summed E-state index contributed by atoms with van der Waals surface area (Å²) in [5, 5.41) is 1.10. The highest BCUT2D eigenvalue weighted by atomic mass is 16.5. The summed E-state index contributed by atoms with van der Waals surface area (Å²) in [6.07, 6.45) is 4.95. The Hall–Kier alpha value is -2.16. The van der Waals surface area contributed by atoms with Crippen LogP contribution in [0.2, 0.25) is 0 Å². The van der Waals surface area contributed by atoms with Crippen molar-refractivity contribution in [1.82, 2.24) is 4.98 Å². The van der Waals surface area contributed by atoms with Crippen LogP contribution in [0.15, 0.2) is 36.5 Å². The summed E-state index contributed by atoms with van der Waals surface area (Å²) in [6.45, 7) is 4.22. The first-order valence-corrected chi connectivity index (χ1v) is 5.91. The monoisotopic (exact) mass is 241 g/mol. The molecule has 1 aromatic heterocycles. The first-order valence-electron chi connectivity index (χ1n) is 5.91. The Morgan fingerprint density at radius 2 is 2.22 bits per heavy atom. The molecule has 0 saturated heterocycles. The minimum absolute atomic E-state index is 0.331. The van der Waals surface area contributed by atoms with Crippen molar-refractivity contribution in [2.24, 2.45) is 0 Å². The van der Waals surface area contributed by atoms with Gasteiger partial charge in [0, 0.05) is 23.2 Å². The first kappa shape index (κ1) is 12.3. The third-order valence-corrected chi connectivity index (χ3v) is 2.71. The number of fused-ring (bicyclic) bond motifs is 1. The summed E-state index contributed by atoms with van der Waals surface area (Å²) >= 11 is 0. The van der Waals surface area contributed by atoms with Gasteiger partial charge in [0.05, 0.1) is 12.1 Å². The molecule has 0 unspecified atom stereocenters. The van der Waals surface area contributed by atoms with Crippen LogP contribution in [0.4, 0.5) is 0 Å². The highest BCUT2D eigenvalue weighted by Crippen LogP contribution is 2.20. The Morgan fingerprint density at radius 1 is 1.39 bits per heavy atom. The van der Waals surface area contributed by atoms with Crippen molar-refractivity contribution in [2.75, 3.05) is 6.61 Å². The summed E-state index contributed by atoms with van der Waals surface area (Å²) < 4.78 is 4.85. The van der Waals surface area contributed by atoms with Gasteiger partial charge < -0.3 is 4.74 Å². The molecule has 0 aliphatic carbocycles. The normalized spacial score (nSPS) is 11.0. The highest BCUT2D eigenvalue weighted by Gasteiger charge is 2.02. The maximum atomic E-state index is 11.3. The van der Waals surface area contributed by atoms with Gasteiger partial charge in [-0.25, -0.2) is 4.79 Å². The second-order valence-electron chi connectivity index (χ2n) is 3.96. The zero-order valence-electron chi connectivity index (χ0n) is 10.5. The van der Waals surface area contributed by atoms with Crippen LogP contribution in [0.25, 0.3) is 17.0 Å². The number of ether oxygens (including phenoxy) is 1. The van der Waals surface area contributed by atoms with Crippen LogP contribution in [0.3, 0.4) is 0 Å². The minimum Gasteiger partial charge on any atom is -0.463 e. The smallest absolute Gasteiger partial charge is 0.330 e. The van der Waals surface area contributed by atoms with Crippen LogP contribution in [-0.2, 0) is 9.53 Å². The fourth-order valence-corrected chi connectivity index (χ4v) is 1.82. The van der Waals surface area contributed by atoms with Crippen LogP contribution in [0.5, 0.6) is 0 Å². The molecule has 18 heavy (non-hydrogen) atoms. The zero-order chi connectivity index (χ0) is 13.0. The number of esters is 1. The standard InChI is InChI=1S/C15H15NO2/c1-3-18-14(17)8-7-12-5-4-6-13-11(2)9-10-16-15(12)13/h4-10H,3H2,1-2H3/b8-7+. The lowest BCUT2D eigenvalue weighted by Gasteiger charge is -2.03. The molecule has 3 heteroatoms. The molecule has 0 saturated carbocycles. The molecule has 0 amide bonds. The minimum atomic E-state index is -0.331. The lowest BCUT2D eigenvalue weighted by molar-refractivity contribution is -0.137. The first-order chi connectivity index (χ1) is 8.72. The number of aryl methyl sites for hydroxylation is 1. The van der Waals surface area contributed by atoms with E-state index < -0.39 is 0 Å². The Labute approximate surface area is 106 Å². The molecule has 0 fully saturated rings. The van der Waals surface area contributed by atoms with E-state index in [-0.39, 0.29) is 5.97 Å². The second-order valence-corrected chi connectivity index (χ2v) is 3.96. The summed E-state index contributed by atoms with van der Waals surface area (Å²) in [5.74, 6) is -0.331. The van der Waals surface area contributed by atoms with Crippen molar-refractivity contribution in [3.8, 4) is 0 Å². The van der Waals surface area contributed by atoms with E-state index in [9.17, 15) is 4.79 Å². The van der Waals surface area contributed by atoms with Crippen molar-refractivity contribution in [2.45, 2.75) is 13.8 Å². The molecule has 0 radical (unpaired) electrons. The lowest BCUT2D eigenvalue weighted by atomic mass is 10.1. The Kier molecular flexibility index (Phi) is 3.72.